The first-order valence-electron chi connectivity index (χ1n) is 7.92. The molecule has 0 unspecified atom stereocenters. The molecule has 0 spiro atoms. The molecule has 2 aromatic carbocycles. The summed E-state index contributed by atoms with van der Waals surface area (Å²) in [6.07, 6.45) is 0. The molecule has 0 bridgehead atoms. The molecule has 3 N–H and O–H groups in total. The molecule has 3 aromatic rings. The maximum Gasteiger partial charge on any atom is 0.259 e. The molecule has 0 aliphatic rings. The molecule has 10 heteroatoms. The SMILES string of the molecule is Cc1ccc(-c2csc(NC(=O)c3cc(S(N)(=O)=O)c(Cl)cc3Cl)n2)c(C)c1. The minimum absolute atomic E-state index is 0.000980. The Hall–Kier alpha value is -1.97. The van der Waals surface area contributed by atoms with E-state index in [2.05, 4.69) is 16.4 Å². The predicted molar refractivity (Wildman–Crippen MR) is 113 cm³/mol. The van der Waals surface area contributed by atoms with Gasteiger partial charge in [-0.15, -0.1) is 11.3 Å². The molecule has 28 heavy (non-hydrogen) atoms. The summed E-state index contributed by atoms with van der Waals surface area (Å²) in [6.45, 7) is 4.00. The number of nitrogens with one attached hydrogen (secondary N) is 1. The van der Waals surface area contributed by atoms with Gasteiger partial charge < -0.3 is 0 Å². The second-order valence-corrected chi connectivity index (χ2v) is 9.32. The Kier molecular flexibility index (Phi) is 5.79. The van der Waals surface area contributed by atoms with E-state index in [1.165, 1.54) is 17.4 Å². The first-order chi connectivity index (χ1) is 13.1. The number of hydrogen-bond acceptors (Lipinski definition) is 5. The Morgan fingerprint density at radius 1 is 1.14 bits per heavy atom. The summed E-state index contributed by atoms with van der Waals surface area (Å²) >= 11 is 13.2. The van der Waals surface area contributed by atoms with Gasteiger partial charge in [0.1, 0.15) is 4.90 Å². The van der Waals surface area contributed by atoms with Gasteiger partial charge in [0.2, 0.25) is 10.0 Å². The van der Waals surface area contributed by atoms with E-state index in [0.717, 1.165) is 28.5 Å². The van der Waals surface area contributed by atoms with Crippen LogP contribution in [0.25, 0.3) is 11.3 Å². The van der Waals surface area contributed by atoms with Gasteiger partial charge in [0, 0.05) is 10.9 Å². The predicted octanol–water partition coefficient (Wildman–Crippen LogP) is 4.63. The van der Waals surface area contributed by atoms with Crippen molar-refractivity contribution in [3.63, 3.8) is 0 Å². The van der Waals surface area contributed by atoms with E-state index in [-0.39, 0.29) is 20.5 Å². The Labute approximate surface area is 176 Å². The number of benzene rings is 2. The highest BCUT2D eigenvalue weighted by Crippen LogP contribution is 2.31. The number of aryl methyl sites for hydroxylation is 2. The molecule has 3 rings (SSSR count). The Balaban J connectivity index is 1.89. The summed E-state index contributed by atoms with van der Waals surface area (Å²) in [5.41, 5.74) is 3.83. The molecule has 0 aliphatic heterocycles. The normalized spacial score (nSPS) is 11.5. The number of aromatic nitrogens is 1. The second kappa shape index (κ2) is 7.81. The van der Waals surface area contributed by atoms with Gasteiger partial charge in [0.05, 0.1) is 21.3 Å². The smallest absolute Gasteiger partial charge is 0.259 e. The zero-order valence-electron chi connectivity index (χ0n) is 14.8. The second-order valence-electron chi connectivity index (χ2n) is 6.12. The number of anilines is 1. The first kappa shape index (κ1) is 20.8. The average Bonchev–Trinajstić information content (AvgIpc) is 3.01. The molecule has 146 valence electrons. The molecule has 0 fully saturated rings. The molecule has 0 atom stereocenters. The van der Waals surface area contributed by atoms with Crippen molar-refractivity contribution in [3.05, 3.63) is 62.4 Å². The summed E-state index contributed by atoms with van der Waals surface area (Å²) in [6, 6.07) is 8.23. The third-order valence-corrected chi connectivity index (χ3v) is 6.40. The van der Waals surface area contributed by atoms with Crippen LogP contribution in [0.2, 0.25) is 10.0 Å². The highest BCUT2D eigenvalue weighted by molar-refractivity contribution is 7.89. The number of primary sulfonamides is 1. The monoisotopic (exact) mass is 455 g/mol. The molecule has 0 aliphatic carbocycles. The highest BCUT2D eigenvalue weighted by atomic mass is 35.5. The topological polar surface area (TPSA) is 102 Å². The average molecular weight is 456 g/mol. The largest absolute Gasteiger partial charge is 0.298 e. The van der Waals surface area contributed by atoms with Gasteiger partial charge in [-0.05, 0) is 31.5 Å². The van der Waals surface area contributed by atoms with Gasteiger partial charge >= 0.3 is 0 Å². The summed E-state index contributed by atoms with van der Waals surface area (Å²) in [7, 11) is -4.10. The molecule has 0 saturated heterocycles. The van der Waals surface area contributed by atoms with Crippen molar-refractivity contribution in [1.82, 2.24) is 4.98 Å². The third kappa shape index (κ3) is 4.37. The number of carbonyl (C=O) groups excluding carboxylic acids is 1. The summed E-state index contributed by atoms with van der Waals surface area (Å²) < 4.78 is 23.2. The van der Waals surface area contributed by atoms with Crippen LogP contribution in [0.3, 0.4) is 0 Å². The molecule has 1 aromatic heterocycles. The van der Waals surface area contributed by atoms with Crippen molar-refractivity contribution in [1.29, 1.82) is 0 Å². The van der Waals surface area contributed by atoms with Crippen molar-refractivity contribution in [2.24, 2.45) is 5.14 Å². The van der Waals surface area contributed by atoms with Crippen molar-refractivity contribution >= 4 is 55.6 Å². The number of nitrogens with zero attached hydrogens (tertiary/aromatic N) is 1. The first-order valence-corrected chi connectivity index (χ1v) is 11.1. The van der Waals surface area contributed by atoms with Crippen LogP contribution in [-0.2, 0) is 10.0 Å². The lowest BCUT2D eigenvalue weighted by Gasteiger charge is -2.08. The van der Waals surface area contributed by atoms with E-state index in [1.807, 2.05) is 31.4 Å². The van der Waals surface area contributed by atoms with E-state index < -0.39 is 15.9 Å². The number of nitrogens with two attached hydrogens (primary N) is 1. The number of carbonyl (C=O) groups is 1. The lowest BCUT2D eigenvalue weighted by molar-refractivity contribution is 0.102. The highest BCUT2D eigenvalue weighted by Gasteiger charge is 2.20. The van der Waals surface area contributed by atoms with Crippen LogP contribution in [-0.4, -0.2) is 19.3 Å². The number of amides is 1. The quantitative estimate of drug-likeness (QED) is 0.597. The fourth-order valence-corrected chi connectivity index (χ4v) is 4.75. The van der Waals surface area contributed by atoms with E-state index in [4.69, 9.17) is 28.3 Å². The van der Waals surface area contributed by atoms with E-state index >= 15 is 0 Å². The van der Waals surface area contributed by atoms with Crippen LogP contribution in [0.1, 0.15) is 21.5 Å². The molecular formula is C18H15Cl2N3O3S2. The lowest BCUT2D eigenvalue weighted by atomic mass is 10.0. The van der Waals surface area contributed by atoms with Crippen molar-refractivity contribution in [3.8, 4) is 11.3 Å². The van der Waals surface area contributed by atoms with Gasteiger partial charge in [0.15, 0.2) is 5.13 Å². The molecule has 1 heterocycles. The fraction of sp³-hybridized carbons (Fsp3) is 0.111. The van der Waals surface area contributed by atoms with Gasteiger partial charge in [-0.3, -0.25) is 10.1 Å². The Morgan fingerprint density at radius 3 is 2.50 bits per heavy atom. The Morgan fingerprint density at radius 2 is 1.86 bits per heavy atom. The van der Waals surface area contributed by atoms with E-state index in [0.29, 0.717) is 5.13 Å². The van der Waals surface area contributed by atoms with Gasteiger partial charge in [-0.25, -0.2) is 18.5 Å². The standard InChI is InChI=1S/C18H15Cl2N3O3S2/c1-9-3-4-11(10(2)5-9)15-8-27-18(22-15)23-17(24)12-6-16(28(21,25)26)14(20)7-13(12)19/h3-8H,1-2H3,(H2,21,25,26)(H,22,23,24). The van der Waals surface area contributed by atoms with Crippen LogP contribution in [0.15, 0.2) is 40.6 Å². The summed E-state index contributed by atoms with van der Waals surface area (Å²) in [5.74, 6) is -0.618. The number of sulfonamides is 1. The maximum atomic E-state index is 12.6. The van der Waals surface area contributed by atoms with E-state index in [9.17, 15) is 13.2 Å². The number of hydrogen-bond donors (Lipinski definition) is 2. The van der Waals surface area contributed by atoms with Gasteiger partial charge in [-0.1, -0.05) is 47.0 Å². The van der Waals surface area contributed by atoms with E-state index in [1.54, 1.807) is 0 Å². The van der Waals surface area contributed by atoms with Crippen LogP contribution < -0.4 is 10.5 Å². The van der Waals surface area contributed by atoms with Crippen molar-refractivity contribution < 1.29 is 13.2 Å². The minimum atomic E-state index is -4.10. The van der Waals surface area contributed by atoms with Crippen LogP contribution in [0.4, 0.5) is 5.13 Å². The third-order valence-electron chi connectivity index (χ3n) is 3.96. The van der Waals surface area contributed by atoms with Crippen molar-refractivity contribution in [2.45, 2.75) is 18.7 Å². The summed E-state index contributed by atoms with van der Waals surface area (Å²) in [5, 5.41) is 9.77. The number of rotatable bonds is 4. The zero-order chi connectivity index (χ0) is 20.6. The molecular weight excluding hydrogens is 441 g/mol. The molecule has 6 nitrogen and oxygen atoms in total. The number of thiazole rings is 1. The van der Waals surface area contributed by atoms with Crippen LogP contribution in [0, 0.1) is 13.8 Å². The fourth-order valence-electron chi connectivity index (χ4n) is 2.64. The summed E-state index contributed by atoms with van der Waals surface area (Å²) in [4.78, 5) is 16.6. The maximum absolute atomic E-state index is 12.6. The van der Waals surface area contributed by atoms with Crippen molar-refractivity contribution in [2.75, 3.05) is 5.32 Å². The lowest BCUT2D eigenvalue weighted by Crippen LogP contribution is -2.16. The number of halogens is 2. The molecule has 0 saturated carbocycles. The van der Waals surface area contributed by atoms with Gasteiger partial charge in [0.25, 0.3) is 5.91 Å². The Bertz CT molecular complexity index is 1190. The van der Waals surface area contributed by atoms with Crippen LogP contribution >= 0.6 is 34.5 Å². The molecule has 1 amide bonds. The molecule has 0 radical (unpaired) electrons. The van der Waals surface area contributed by atoms with Crippen LogP contribution in [0.5, 0.6) is 0 Å². The zero-order valence-corrected chi connectivity index (χ0v) is 17.9. The minimum Gasteiger partial charge on any atom is -0.298 e. The van der Waals surface area contributed by atoms with Gasteiger partial charge in [-0.2, -0.15) is 0 Å².